The van der Waals surface area contributed by atoms with Gasteiger partial charge in [0.1, 0.15) is 5.75 Å². The number of benzene rings is 2. The van der Waals surface area contributed by atoms with Gasteiger partial charge in [0.2, 0.25) is 11.8 Å². The number of halogens is 2. The van der Waals surface area contributed by atoms with Gasteiger partial charge < -0.3 is 15.0 Å². The predicted molar refractivity (Wildman–Crippen MR) is 101 cm³/mol. The summed E-state index contributed by atoms with van der Waals surface area (Å²) in [6.45, 7) is -2.98. The number of hydrogen-bond donors (Lipinski definition) is 1. The Labute approximate surface area is 160 Å². The van der Waals surface area contributed by atoms with E-state index >= 15 is 0 Å². The number of amides is 2. The van der Waals surface area contributed by atoms with E-state index in [4.69, 9.17) is 0 Å². The van der Waals surface area contributed by atoms with Crippen LogP contribution in [0, 0.1) is 0 Å². The normalized spacial score (nSPS) is 10.6. The van der Waals surface area contributed by atoms with Crippen LogP contribution in [0.5, 0.6) is 5.75 Å². The third-order valence-corrected chi connectivity index (χ3v) is 4.49. The maximum Gasteiger partial charge on any atom is 0.387 e. The van der Waals surface area contributed by atoms with Crippen LogP contribution in [0.4, 0.5) is 14.5 Å². The first-order valence-corrected chi connectivity index (χ1v) is 9.32. The van der Waals surface area contributed by atoms with Gasteiger partial charge in [0, 0.05) is 11.9 Å². The monoisotopic (exact) mass is 394 g/mol. The number of carbonyl (C=O) groups is 2. The fourth-order valence-electron chi connectivity index (χ4n) is 2.34. The predicted octanol–water partition coefficient (Wildman–Crippen LogP) is 3.65. The number of hydrogen-bond acceptors (Lipinski definition) is 4. The summed E-state index contributed by atoms with van der Waals surface area (Å²) in [5.74, 6) is -0.528. The van der Waals surface area contributed by atoms with Crippen LogP contribution >= 0.6 is 11.8 Å². The molecule has 0 atom stereocenters. The molecule has 0 aliphatic rings. The van der Waals surface area contributed by atoms with Crippen LogP contribution in [-0.4, -0.2) is 43.2 Å². The quantitative estimate of drug-likeness (QED) is 0.695. The highest BCUT2D eigenvalue weighted by Gasteiger charge is 2.15. The van der Waals surface area contributed by atoms with Gasteiger partial charge in [-0.15, -0.1) is 11.8 Å². The lowest BCUT2D eigenvalue weighted by atomic mass is 10.1. The van der Waals surface area contributed by atoms with Crippen molar-refractivity contribution >= 4 is 29.3 Å². The van der Waals surface area contributed by atoms with Crippen molar-refractivity contribution in [2.24, 2.45) is 0 Å². The van der Waals surface area contributed by atoms with E-state index in [1.54, 1.807) is 6.07 Å². The van der Waals surface area contributed by atoms with E-state index < -0.39 is 6.61 Å². The molecule has 0 saturated carbocycles. The number of carbonyl (C=O) groups excluding carboxylic acids is 2. The molecule has 0 unspecified atom stereocenters. The molecule has 27 heavy (non-hydrogen) atoms. The minimum absolute atomic E-state index is 0.0291. The van der Waals surface area contributed by atoms with Gasteiger partial charge in [-0.3, -0.25) is 9.59 Å². The van der Waals surface area contributed by atoms with Crippen molar-refractivity contribution in [3.05, 3.63) is 54.1 Å². The smallest absolute Gasteiger partial charge is 0.387 e. The molecule has 2 amide bonds. The van der Waals surface area contributed by atoms with Crippen molar-refractivity contribution in [1.29, 1.82) is 0 Å². The molecule has 144 valence electrons. The highest BCUT2D eigenvalue weighted by molar-refractivity contribution is 7.98. The molecule has 0 saturated heterocycles. The topological polar surface area (TPSA) is 58.6 Å². The van der Waals surface area contributed by atoms with Gasteiger partial charge in [0.05, 0.1) is 18.7 Å². The average molecular weight is 394 g/mol. The molecule has 2 aromatic carbocycles. The molecule has 0 aromatic heterocycles. The summed E-state index contributed by atoms with van der Waals surface area (Å²) in [7, 11) is 1.54. The Morgan fingerprint density at radius 1 is 1.15 bits per heavy atom. The minimum atomic E-state index is -2.89. The molecule has 0 bridgehead atoms. The first-order chi connectivity index (χ1) is 12.9. The van der Waals surface area contributed by atoms with Crippen molar-refractivity contribution in [2.45, 2.75) is 17.9 Å². The summed E-state index contributed by atoms with van der Waals surface area (Å²) in [4.78, 5) is 26.7. The zero-order valence-electron chi connectivity index (χ0n) is 14.9. The van der Waals surface area contributed by atoms with Crippen LogP contribution in [-0.2, 0) is 16.0 Å². The van der Waals surface area contributed by atoms with E-state index in [0.717, 1.165) is 4.90 Å². The first-order valence-electron chi connectivity index (χ1n) is 8.09. The lowest BCUT2D eigenvalue weighted by molar-refractivity contribution is -0.132. The fraction of sp³-hybridized carbons (Fsp3) is 0.263. The van der Waals surface area contributed by atoms with Crippen LogP contribution in [0.1, 0.15) is 5.56 Å². The number of thioether (sulfide) groups is 1. The molecule has 2 aromatic rings. The van der Waals surface area contributed by atoms with Crippen LogP contribution in [0.3, 0.4) is 0 Å². The number of likely N-dealkylation sites (N-methyl/N-ethyl adjacent to an activating group) is 1. The van der Waals surface area contributed by atoms with E-state index in [9.17, 15) is 18.4 Å². The second kappa shape index (κ2) is 9.91. The van der Waals surface area contributed by atoms with Crippen molar-refractivity contribution < 1.29 is 23.1 Å². The molecule has 0 spiro atoms. The second-order valence-electron chi connectivity index (χ2n) is 5.70. The van der Waals surface area contributed by atoms with Crippen molar-refractivity contribution in [1.82, 2.24) is 4.90 Å². The van der Waals surface area contributed by atoms with Gasteiger partial charge in [0.25, 0.3) is 0 Å². The molecule has 0 heterocycles. The summed E-state index contributed by atoms with van der Waals surface area (Å²) < 4.78 is 28.5. The number of nitrogens with one attached hydrogen (secondary N) is 1. The van der Waals surface area contributed by atoms with Crippen molar-refractivity contribution in [3.63, 3.8) is 0 Å². The Kier molecular flexibility index (Phi) is 7.60. The Hall–Kier alpha value is -2.61. The molecular formula is C19H20F2N2O3S. The molecular weight excluding hydrogens is 374 g/mol. The van der Waals surface area contributed by atoms with Gasteiger partial charge in [0.15, 0.2) is 0 Å². The van der Waals surface area contributed by atoms with Crippen molar-refractivity contribution in [2.75, 3.05) is 25.2 Å². The minimum Gasteiger partial charge on any atom is -0.435 e. The molecule has 2 rings (SSSR count). The maximum atomic E-state index is 12.3. The van der Waals surface area contributed by atoms with E-state index in [1.807, 2.05) is 24.5 Å². The van der Waals surface area contributed by atoms with E-state index in [0.29, 0.717) is 11.3 Å². The van der Waals surface area contributed by atoms with E-state index in [1.165, 1.54) is 48.0 Å². The summed E-state index contributed by atoms with van der Waals surface area (Å²) in [6.07, 6.45) is 1.97. The highest BCUT2D eigenvalue weighted by Crippen LogP contribution is 2.24. The van der Waals surface area contributed by atoms with Crippen LogP contribution < -0.4 is 10.1 Å². The Bertz CT molecular complexity index is 785. The molecule has 0 fully saturated rings. The third kappa shape index (κ3) is 6.56. The van der Waals surface area contributed by atoms with Gasteiger partial charge in [-0.1, -0.05) is 24.3 Å². The summed E-state index contributed by atoms with van der Waals surface area (Å²) in [6, 6.07) is 13.2. The zero-order chi connectivity index (χ0) is 19.8. The number of para-hydroxylation sites is 1. The average Bonchev–Trinajstić information content (AvgIpc) is 2.63. The summed E-state index contributed by atoms with van der Waals surface area (Å²) >= 11 is 1.52. The third-order valence-electron chi connectivity index (χ3n) is 3.69. The maximum absolute atomic E-state index is 12.3. The molecule has 0 radical (unpaired) electrons. The largest absolute Gasteiger partial charge is 0.435 e. The summed E-state index contributed by atoms with van der Waals surface area (Å²) in [5, 5.41) is 2.80. The van der Waals surface area contributed by atoms with Crippen LogP contribution in [0.25, 0.3) is 0 Å². The number of nitrogens with zero attached hydrogens (tertiary/aromatic N) is 1. The number of alkyl halides is 2. The molecule has 1 N–H and O–H groups in total. The Balaban J connectivity index is 1.88. The van der Waals surface area contributed by atoms with Gasteiger partial charge in [-0.25, -0.2) is 0 Å². The first kappa shape index (κ1) is 20.7. The summed E-state index contributed by atoms with van der Waals surface area (Å²) in [5.41, 5.74) is 1.34. The molecule has 8 heteroatoms. The second-order valence-corrected chi connectivity index (χ2v) is 6.55. The van der Waals surface area contributed by atoms with Gasteiger partial charge in [-0.2, -0.15) is 8.78 Å². The number of rotatable bonds is 8. The Morgan fingerprint density at radius 3 is 2.44 bits per heavy atom. The molecule has 5 nitrogen and oxygen atoms in total. The SMILES string of the molecule is CSc1ccccc1NC(=O)CN(C)C(=O)Cc1ccc(OC(F)F)cc1. The lowest BCUT2D eigenvalue weighted by Crippen LogP contribution is -2.35. The Morgan fingerprint density at radius 2 is 1.81 bits per heavy atom. The van der Waals surface area contributed by atoms with E-state index in [2.05, 4.69) is 10.1 Å². The van der Waals surface area contributed by atoms with Gasteiger partial charge in [-0.05, 0) is 36.1 Å². The van der Waals surface area contributed by atoms with E-state index in [-0.39, 0.29) is 30.5 Å². The molecule has 0 aliphatic heterocycles. The zero-order valence-corrected chi connectivity index (χ0v) is 15.8. The fourth-order valence-corrected chi connectivity index (χ4v) is 2.89. The van der Waals surface area contributed by atoms with Crippen LogP contribution in [0.15, 0.2) is 53.4 Å². The standard InChI is InChI=1S/C19H20F2N2O3S/c1-23(12-17(24)22-15-5-3-4-6-16(15)27-2)18(25)11-13-7-9-14(10-8-13)26-19(20)21/h3-10,19H,11-12H2,1-2H3,(H,22,24). The number of anilines is 1. The van der Waals surface area contributed by atoms with Gasteiger partial charge >= 0.3 is 6.61 Å². The lowest BCUT2D eigenvalue weighted by Gasteiger charge is -2.17. The van der Waals surface area contributed by atoms with Crippen LogP contribution in [0.2, 0.25) is 0 Å². The molecule has 0 aliphatic carbocycles. The number of ether oxygens (including phenoxy) is 1. The van der Waals surface area contributed by atoms with Crippen molar-refractivity contribution in [3.8, 4) is 5.75 Å². The highest BCUT2D eigenvalue weighted by atomic mass is 32.2.